The maximum atomic E-state index is 13.2. The third-order valence-electron chi connectivity index (χ3n) is 10.4. The first-order valence-electron chi connectivity index (χ1n) is 12.4. The zero-order valence-corrected chi connectivity index (χ0v) is 17.9. The van der Waals surface area contributed by atoms with Gasteiger partial charge in [-0.2, -0.15) is 0 Å². The Hall–Kier alpha value is -0.610. The molecule has 0 N–H and O–H groups in total. The molecule has 9 rings (SSSR count). The van der Waals surface area contributed by atoms with Crippen molar-refractivity contribution in [2.24, 2.45) is 46.3 Å². The predicted molar refractivity (Wildman–Crippen MR) is 107 cm³/mol. The van der Waals surface area contributed by atoms with Crippen molar-refractivity contribution in [3.8, 4) is 0 Å². The van der Waals surface area contributed by atoms with Crippen LogP contribution in [0, 0.1) is 46.3 Å². The van der Waals surface area contributed by atoms with Crippen molar-refractivity contribution in [1.82, 2.24) is 0 Å². The molecule has 4 nitrogen and oxygen atoms in total. The quantitative estimate of drug-likeness (QED) is 0.644. The summed E-state index contributed by atoms with van der Waals surface area (Å²) in [6.45, 7) is 3.47. The summed E-state index contributed by atoms with van der Waals surface area (Å²) < 4.78 is 19.1. The van der Waals surface area contributed by atoms with Gasteiger partial charge in [0.15, 0.2) is 5.79 Å². The van der Waals surface area contributed by atoms with Crippen LogP contribution in [0.15, 0.2) is 0 Å². The van der Waals surface area contributed by atoms with Crippen LogP contribution in [-0.4, -0.2) is 31.1 Å². The van der Waals surface area contributed by atoms with Crippen molar-refractivity contribution in [1.29, 1.82) is 0 Å². The van der Waals surface area contributed by atoms with Crippen LogP contribution in [0.3, 0.4) is 0 Å². The van der Waals surface area contributed by atoms with Crippen LogP contribution in [0.25, 0.3) is 0 Å². The van der Waals surface area contributed by atoms with Gasteiger partial charge in [-0.1, -0.05) is 6.92 Å². The van der Waals surface area contributed by atoms with Crippen LogP contribution in [-0.2, 0) is 19.0 Å². The van der Waals surface area contributed by atoms with Crippen molar-refractivity contribution < 1.29 is 19.0 Å². The molecule has 0 aromatic carbocycles. The fourth-order valence-corrected chi connectivity index (χ4v) is 10.1. The predicted octanol–water partition coefficient (Wildman–Crippen LogP) is 4.70. The molecule has 0 amide bonds. The first kappa shape index (κ1) is 18.0. The van der Waals surface area contributed by atoms with Gasteiger partial charge in [-0.3, -0.25) is 4.79 Å². The molecule has 3 unspecified atom stereocenters. The first-order chi connectivity index (χ1) is 13.9. The number of ether oxygens (including phenoxy) is 3. The average Bonchev–Trinajstić information content (AvgIpc) is 3.07. The van der Waals surface area contributed by atoms with Crippen LogP contribution in [0.5, 0.6) is 0 Å². The maximum absolute atomic E-state index is 13.2. The molecule has 29 heavy (non-hydrogen) atoms. The third-order valence-corrected chi connectivity index (χ3v) is 10.4. The van der Waals surface area contributed by atoms with E-state index in [-0.39, 0.29) is 23.3 Å². The number of carbonyl (C=O) groups is 1. The van der Waals surface area contributed by atoms with Gasteiger partial charge in [0, 0.05) is 11.8 Å². The molecular weight excluding hydrogens is 364 g/mol. The Labute approximate surface area is 174 Å². The zero-order chi connectivity index (χ0) is 19.4. The molecule has 1 spiro atoms. The molecule has 1 heterocycles. The van der Waals surface area contributed by atoms with Crippen molar-refractivity contribution in [3.05, 3.63) is 0 Å². The molecule has 9 fully saturated rings. The smallest absolute Gasteiger partial charge is 0.312 e. The highest BCUT2D eigenvalue weighted by Gasteiger charge is 2.65. The zero-order valence-electron chi connectivity index (χ0n) is 17.9. The second-order valence-corrected chi connectivity index (χ2v) is 12.7. The van der Waals surface area contributed by atoms with E-state index in [1.807, 2.05) is 0 Å². The van der Waals surface area contributed by atoms with E-state index < -0.39 is 0 Å². The lowest BCUT2D eigenvalue weighted by molar-refractivity contribution is -0.307. The molecule has 0 aromatic rings. The Morgan fingerprint density at radius 1 is 0.862 bits per heavy atom. The lowest BCUT2D eigenvalue weighted by atomic mass is 9.48. The number of hydrogen-bond donors (Lipinski definition) is 0. The topological polar surface area (TPSA) is 44.8 Å². The second kappa shape index (κ2) is 5.79. The normalized spacial score (nSPS) is 59.0. The Balaban J connectivity index is 1.02. The Kier molecular flexibility index (Phi) is 3.60. The van der Waals surface area contributed by atoms with Gasteiger partial charge in [0.05, 0.1) is 12.0 Å². The summed E-state index contributed by atoms with van der Waals surface area (Å²) in [5, 5.41) is 0. The van der Waals surface area contributed by atoms with Crippen LogP contribution in [0.4, 0.5) is 0 Å². The molecule has 1 aliphatic heterocycles. The molecule has 3 atom stereocenters. The molecule has 0 aromatic heterocycles. The molecule has 8 saturated carbocycles. The van der Waals surface area contributed by atoms with E-state index in [4.69, 9.17) is 14.2 Å². The monoisotopic (exact) mass is 400 g/mol. The number of hydrogen-bond acceptors (Lipinski definition) is 4. The summed E-state index contributed by atoms with van der Waals surface area (Å²) >= 11 is 0. The summed E-state index contributed by atoms with van der Waals surface area (Å²) in [4.78, 5) is 13.2. The summed E-state index contributed by atoms with van der Waals surface area (Å²) in [7, 11) is 0. The molecule has 9 aliphatic rings. The van der Waals surface area contributed by atoms with Crippen molar-refractivity contribution >= 4 is 5.97 Å². The molecule has 0 radical (unpaired) electrons. The molecule has 160 valence electrons. The van der Waals surface area contributed by atoms with E-state index in [1.54, 1.807) is 0 Å². The minimum Gasteiger partial charge on any atom is -0.462 e. The van der Waals surface area contributed by atoms with Crippen molar-refractivity contribution in [3.63, 3.8) is 0 Å². The summed E-state index contributed by atoms with van der Waals surface area (Å²) in [6.07, 6.45) is 13.7. The standard InChI is InChI=1S/C25H36O4/c1-23-7-18-5-19(11-23)25(20(6-18)12-23)28-14-21(29-25)13-27-22(26)24-8-15-2-16(9-24)4-17(3-15)10-24/h15-21H,2-14H2,1H3. The van der Waals surface area contributed by atoms with Gasteiger partial charge in [-0.05, 0) is 99.7 Å². The summed E-state index contributed by atoms with van der Waals surface area (Å²) in [6, 6.07) is 0. The van der Waals surface area contributed by atoms with Gasteiger partial charge in [-0.25, -0.2) is 0 Å². The van der Waals surface area contributed by atoms with E-state index in [9.17, 15) is 4.79 Å². The van der Waals surface area contributed by atoms with E-state index in [2.05, 4.69) is 6.92 Å². The maximum Gasteiger partial charge on any atom is 0.312 e. The van der Waals surface area contributed by atoms with Crippen molar-refractivity contribution in [2.45, 2.75) is 89.4 Å². The lowest BCUT2D eigenvalue weighted by Crippen LogP contribution is -2.61. The molecule has 4 heteroatoms. The average molecular weight is 401 g/mol. The van der Waals surface area contributed by atoms with Crippen molar-refractivity contribution in [2.75, 3.05) is 13.2 Å². The summed E-state index contributed by atoms with van der Waals surface area (Å²) in [5.41, 5.74) is 0.348. The van der Waals surface area contributed by atoms with Gasteiger partial charge >= 0.3 is 5.97 Å². The van der Waals surface area contributed by atoms with Gasteiger partial charge in [0.2, 0.25) is 0 Å². The lowest BCUT2D eigenvalue weighted by Gasteiger charge is -2.62. The van der Waals surface area contributed by atoms with Gasteiger partial charge < -0.3 is 14.2 Å². The first-order valence-corrected chi connectivity index (χ1v) is 12.4. The van der Waals surface area contributed by atoms with E-state index in [0.717, 1.165) is 42.9 Å². The van der Waals surface area contributed by atoms with Crippen LogP contribution in [0.2, 0.25) is 0 Å². The number of rotatable bonds is 3. The Bertz CT molecular complexity index is 677. The third kappa shape index (κ3) is 2.54. The van der Waals surface area contributed by atoms with Crippen LogP contribution < -0.4 is 0 Å². The highest BCUT2D eigenvalue weighted by molar-refractivity contribution is 5.77. The minimum absolute atomic E-state index is 0.0711. The van der Waals surface area contributed by atoms with Gasteiger partial charge in [0.25, 0.3) is 0 Å². The second-order valence-electron chi connectivity index (χ2n) is 12.7. The van der Waals surface area contributed by atoms with E-state index >= 15 is 0 Å². The Morgan fingerprint density at radius 2 is 1.45 bits per heavy atom. The van der Waals surface area contributed by atoms with E-state index in [0.29, 0.717) is 30.5 Å². The minimum atomic E-state index is -0.367. The van der Waals surface area contributed by atoms with Crippen LogP contribution >= 0.6 is 0 Å². The SMILES string of the molecule is CC12CC3CC(C1)C1(OCC(COC(=O)C45CC6CC(CC(C6)C4)C5)O1)C(C3)C2. The number of esters is 1. The molecule has 8 bridgehead atoms. The molecule has 1 saturated heterocycles. The fraction of sp³-hybridized carbons (Fsp3) is 0.960. The Morgan fingerprint density at radius 3 is 2.03 bits per heavy atom. The molecule has 8 aliphatic carbocycles. The highest BCUT2D eigenvalue weighted by Crippen LogP contribution is 2.66. The van der Waals surface area contributed by atoms with E-state index in [1.165, 1.54) is 51.4 Å². The van der Waals surface area contributed by atoms with Crippen LogP contribution in [0.1, 0.15) is 77.6 Å². The highest BCUT2D eigenvalue weighted by atomic mass is 16.8. The fourth-order valence-electron chi connectivity index (χ4n) is 10.1. The number of carbonyl (C=O) groups excluding carboxylic acids is 1. The largest absolute Gasteiger partial charge is 0.462 e. The van der Waals surface area contributed by atoms with Gasteiger partial charge in [0.1, 0.15) is 12.7 Å². The summed E-state index contributed by atoms with van der Waals surface area (Å²) in [5.74, 6) is 4.01. The van der Waals surface area contributed by atoms with Gasteiger partial charge in [-0.15, -0.1) is 0 Å². The molecular formula is C25H36O4.